The van der Waals surface area contributed by atoms with E-state index in [9.17, 15) is 0 Å². The third-order valence-electron chi connectivity index (χ3n) is 4.10. The SMILES string of the molecule is BrC(c1ccc2oc3ccccc3c2c1)C1CCOC1. The molecule has 1 saturated heterocycles. The Bertz CT molecular complexity index is 756. The monoisotopic (exact) mass is 330 g/mol. The number of furan rings is 1. The minimum absolute atomic E-state index is 0.350. The topological polar surface area (TPSA) is 22.4 Å². The van der Waals surface area contributed by atoms with Crippen LogP contribution in [0.25, 0.3) is 21.9 Å². The van der Waals surface area contributed by atoms with Gasteiger partial charge in [-0.25, -0.2) is 0 Å². The molecule has 102 valence electrons. The van der Waals surface area contributed by atoms with Gasteiger partial charge in [-0.15, -0.1) is 0 Å². The molecule has 4 rings (SSSR count). The summed E-state index contributed by atoms with van der Waals surface area (Å²) >= 11 is 3.84. The van der Waals surface area contributed by atoms with Crippen molar-refractivity contribution in [1.82, 2.24) is 0 Å². The molecular formula is C17H15BrO2. The molecule has 20 heavy (non-hydrogen) atoms. The number of halogens is 1. The molecule has 1 fully saturated rings. The predicted octanol–water partition coefficient (Wildman–Crippen LogP) is 5.06. The minimum atomic E-state index is 0.350. The molecule has 2 atom stereocenters. The Hall–Kier alpha value is -1.32. The molecule has 0 radical (unpaired) electrons. The summed E-state index contributed by atoms with van der Waals surface area (Å²) in [5, 5.41) is 2.38. The van der Waals surface area contributed by atoms with Crippen LogP contribution in [-0.4, -0.2) is 13.2 Å². The van der Waals surface area contributed by atoms with Gasteiger partial charge in [0.2, 0.25) is 0 Å². The molecule has 2 nitrogen and oxygen atoms in total. The van der Waals surface area contributed by atoms with Crippen molar-refractivity contribution in [3.05, 3.63) is 48.0 Å². The molecule has 3 heteroatoms. The van der Waals surface area contributed by atoms with E-state index in [0.29, 0.717) is 10.7 Å². The molecular weight excluding hydrogens is 316 g/mol. The summed E-state index contributed by atoms with van der Waals surface area (Å²) in [6.45, 7) is 1.73. The summed E-state index contributed by atoms with van der Waals surface area (Å²) in [6, 6.07) is 14.7. The standard InChI is InChI=1S/C17H15BrO2/c18-17(12-7-8-19-10-12)11-5-6-16-14(9-11)13-3-1-2-4-15(13)20-16/h1-6,9,12,17H,7-8,10H2. The van der Waals surface area contributed by atoms with E-state index < -0.39 is 0 Å². The number of hydrogen-bond acceptors (Lipinski definition) is 2. The molecule has 0 amide bonds. The Morgan fingerprint density at radius 1 is 1.05 bits per heavy atom. The fraction of sp³-hybridized carbons (Fsp3) is 0.294. The Balaban J connectivity index is 1.82. The van der Waals surface area contributed by atoms with Crippen molar-refractivity contribution < 1.29 is 9.15 Å². The van der Waals surface area contributed by atoms with Crippen LogP contribution in [0.2, 0.25) is 0 Å². The second-order valence-corrected chi connectivity index (χ2v) is 6.37. The molecule has 0 aliphatic carbocycles. The van der Waals surface area contributed by atoms with Crippen LogP contribution < -0.4 is 0 Å². The second-order valence-electron chi connectivity index (χ2n) is 5.38. The number of fused-ring (bicyclic) bond motifs is 3. The summed E-state index contributed by atoms with van der Waals surface area (Å²) in [6.07, 6.45) is 1.13. The van der Waals surface area contributed by atoms with Gasteiger partial charge in [0.1, 0.15) is 11.2 Å². The highest BCUT2D eigenvalue weighted by Crippen LogP contribution is 2.38. The predicted molar refractivity (Wildman–Crippen MR) is 84.3 cm³/mol. The molecule has 2 unspecified atom stereocenters. The smallest absolute Gasteiger partial charge is 0.135 e. The molecule has 1 aliphatic heterocycles. The lowest BCUT2D eigenvalue weighted by molar-refractivity contribution is 0.185. The van der Waals surface area contributed by atoms with Crippen molar-refractivity contribution in [2.24, 2.45) is 5.92 Å². The minimum Gasteiger partial charge on any atom is -0.456 e. The molecule has 2 heterocycles. The Kier molecular flexibility index (Phi) is 3.04. The number of benzene rings is 2. The van der Waals surface area contributed by atoms with Gasteiger partial charge in [-0.1, -0.05) is 40.2 Å². The maximum Gasteiger partial charge on any atom is 0.135 e. The van der Waals surface area contributed by atoms with E-state index in [0.717, 1.165) is 30.8 Å². The van der Waals surface area contributed by atoms with Crippen LogP contribution in [0.5, 0.6) is 0 Å². The van der Waals surface area contributed by atoms with Crippen molar-refractivity contribution in [1.29, 1.82) is 0 Å². The third-order valence-corrected chi connectivity index (χ3v) is 5.37. The zero-order valence-electron chi connectivity index (χ0n) is 11.0. The third kappa shape index (κ3) is 1.97. The molecule has 0 spiro atoms. The van der Waals surface area contributed by atoms with Crippen LogP contribution in [0.4, 0.5) is 0 Å². The summed E-state index contributed by atoms with van der Waals surface area (Å²) in [5.41, 5.74) is 3.21. The van der Waals surface area contributed by atoms with Crippen molar-refractivity contribution >= 4 is 37.9 Å². The zero-order valence-corrected chi connectivity index (χ0v) is 12.6. The number of hydrogen-bond donors (Lipinski definition) is 0. The summed E-state index contributed by atoms with van der Waals surface area (Å²) in [5.74, 6) is 0.561. The van der Waals surface area contributed by atoms with E-state index in [1.54, 1.807) is 0 Å². The Morgan fingerprint density at radius 2 is 1.90 bits per heavy atom. The van der Waals surface area contributed by atoms with Gasteiger partial charge in [0, 0.05) is 28.1 Å². The number of para-hydroxylation sites is 1. The number of alkyl halides is 1. The summed E-state index contributed by atoms with van der Waals surface area (Å²) in [7, 11) is 0. The molecule has 0 N–H and O–H groups in total. The summed E-state index contributed by atoms with van der Waals surface area (Å²) in [4.78, 5) is 0.350. The number of ether oxygens (including phenoxy) is 1. The van der Waals surface area contributed by atoms with Crippen LogP contribution in [0.1, 0.15) is 16.8 Å². The highest BCUT2D eigenvalue weighted by molar-refractivity contribution is 9.09. The lowest BCUT2D eigenvalue weighted by Crippen LogP contribution is -2.06. The van der Waals surface area contributed by atoms with E-state index in [2.05, 4.69) is 46.3 Å². The van der Waals surface area contributed by atoms with Crippen molar-refractivity contribution in [2.45, 2.75) is 11.2 Å². The molecule has 1 aliphatic rings. The largest absolute Gasteiger partial charge is 0.456 e. The van der Waals surface area contributed by atoms with Crippen molar-refractivity contribution in [3.8, 4) is 0 Å². The highest BCUT2D eigenvalue weighted by atomic mass is 79.9. The van der Waals surface area contributed by atoms with Crippen LogP contribution in [0.3, 0.4) is 0 Å². The highest BCUT2D eigenvalue weighted by Gasteiger charge is 2.25. The van der Waals surface area contributed by atoms with Crippen LogP contribution in [0, 0.1) is 5.92 Å². The first kappa shape index (κ1) is 12.4. The first-order valence-corrected chi connectivity index (χ1v) is 7.87. The summed E-state index contributed by atoms with van der Waals surface area (Å²) < 4.78 is 11.4. The van der Waals surface area contributed by atoms with Gasteiger partial charge in [0.15, 0.2) is 0 Å². The van der Waals surface area contributed by atoms with E-state index >= 15 is 0 Å². The molecule has 1 aromatic heterocycles. The molecule has 2 aromatic carbocycles. The van der Waals surface area contributed by atoms with Crippen LogP contribution in [-0.2, 0) is 4.74 Å². The van der Waals surface area contributed by atoms with E-state index in [-0.39, 0.29) is 0 Å². The van der Waals surface area contributed by atoms with Gasteiger partial charge in [-0.05, 0) is 30.2 Å². The number of rotatable bonds is 2. The fourth-order valence-corrected chi connectivity index (χ4v) is 3.67. The average Bonchev–Trinajstić information content (AvgIpc) is 3.13. The first-order valence-electron chi connectivity index (χ1n) is 6.96. The van der Waals surface area contributed by atoms with Gasteiger partial charge in [-0.3, -0.25) is 0 Å². The fourth-order valence-electron chi connectivity index (χ4n) is 2.97. The maximum absolute atomic E-state index is 5.87. The van der Waals surface area contributed by atoms with Gasteiger partial charge < -0.3 is 9.15 Å². The van der Waals surface area contributed by atoms with Gasteiger partial charge in [-0.2, -0.15) is 0 Å². The van der Waals surface area contributed by atoms with E-state index in [1.807, 2.05) is 12.1 Å². The van der Waals surface area contributed by atoms with E-state index in [1.165, 1.54) is 16.3 Å². The second kappa shape index (κ2) is 4.90. The Labute approximate surface area is 125 Å². The molecule has 0 saturated carbocycles. The van der Waals surface area contributed by atoms with Crippen molar-refractivity contribution in [2.75, 3.05) is 13.2 Å². The lowest BCUT2D eigenvalue weighted by Gasteiger charge is -2.16. The average molecular weight is 331 g/mol. The first-order chi connectivity index (χ1) is 9.83. The van der Waals surface area contributed by atoms with Crippen molar-refractivity contribution in [3.63, 3.8) is 0 Å². The molecule has 3 aromatic rings. The van der Waals surface area contributed by atoms with Crippen LogP contribution >= 0.6 is 15.9 Å². The van der Waals surface area contributed by atoms with E-state index in [4.69, 9.17) is 9.15 Å². The quantitative estimate of drug-likeness (QED) is 0.613. The van der Waals surface area contributed by atoms with Gasteiger partial charge in [0.25, 0.3) is 0 Å². The lowest BCUT2D eigenvalue weighted by atomic mass is 9.97. The zero-order chi connectivity index (χ0) is 13.5. The van der Waals surface area contributed by atoms with Gasteiger partial charge >= 0.3 is 0 Å². The normalized spacial score (nSPS) is 20.8. The van der Waals surface area contributed by atoms with Crippen LogP contribution in [0.15, 0.2) is 46.9 Å². The molecule has 0 bridgehead atoms. The van der Waals surface area contributed by atoms with Gasteiger partial charge in [0.05, 0.1) is 6.61 Å². The maximum atomic E-state index is 5.87. The Morgan fingerprint density at radius 3 is 2.75 bits per heavy atom.